The van der Waals surface area contributed by atoms with Crippen molar-refractivity contribution in [2.45, 2.75) is 46.0 Å². The first kappa shape index (κ1) is 23.7. The van der Waals surface area contributed by atoms with Crippen molar-refractivity contribution in [1.82, 2.24) is 10.9 Å². The molecule has 0 bridgehead atoms. The molecular formula is C23H29BrN2O4. The number of amides is 2. The molecule has 2 N–H and O–H groups in total. The standard InChI is InChI=1S/C23H29BrN2O4/c1-3-5-6-9-15-30-21-13-12-17(16-19(21)24)22(27)25-26-23(28)18-10-7-8-11-20(18)29-14-4-2/h7-8,10-13,16H,3-6,9,14-15H2,1-2H3,(H,25,27)(H,26,28). The van der Waals surface area contributed by atoms with E-state index < -0.39 is 11.8 Å². The molecule has 30 heavy (non-hydrogen) atoms. The maximum Gasteiger partial charge on any atom is 0.273 e. The second-order valence-corrected chi connectivity index (χ2v) is 7.66. The zero-order valence-electron chi connectivity index (χ0n) is 17.5. The van der Waals surface area contributed by atoms with E-state index in [1.807, 2.05) is 6.92 Å². The summed E-state index contributed by atoms with van der Waals surface area (Å²) < 4.78 is 12.0. The molecule has 2 aromatic carbocycles. The van der Waals surface area contributed by atoms with E-state index in [-0.39, 0.29) is 0 Å². The van der Waals surface area contributed by atoms with Gasteiger partial charge in [0, 0.05) is 5.56 Å². The van der Waals surface area contributed by atoms with Crippen LogP contribution >= 0.6 is 15.9 Å². The minimum Gasteiger partial charge on any atom is -0.493 e. The Bertz CT molecular complexity index is 842. The number of carbonyl (C=O) groups excluding carboxylic acids is 2. The molecule has 162 valence electrons. The summed E-state index contributed by atoms with van der Waals surface area (Å²) >= 11 is 3.44. The molecule has 0 atom stereocenters. The first-order valence-corrected chi connectivity index (χ1v) is 11.1. The molecule has 0 fully saturated rings. The molecule has 0 saturated heterocycles. The highest BCUT2D eigenvalue weighted by atomic mass is 79.9. The number of hydrazine groups is 1. The van der Waals surface area contributed by atoms with E-state index in [1.165, 1.54) is 12.8 Å². The van der Waals surface area contributed by atoms with Crippen LogP contribution in [-0.2, 0) is 0 Å². The highest BCUT2D eigenvalue weighted by Crippen LogP contribution is 2.26. The molecular weight excluding hydrogens is 448 g/mol. The fourth-order valence-corrected chi connectivity index (χ4v) is 3.21. The third-order valence-corrected chi connectivity index (χ3v) is 4.95. The molecule has 0 aliphatic heterocycles. The van der Waals surface area contributed by atoms with Gasteiger partial charge in [0.25, 0.3) is 11.8 Å². The highest BCUT2D eigenvalue weighted by Gasteiger charge is 2.14. The number of hydrogen-bond donors (Lipinski definition) is 2. The summed E-state index contributed by atoms with van der Waals surface area (Å²) in [6, 6.07) is 12.0. The van der Waals surface area contributed by atoms with Crippen molar-refractivity contribution in [3.63, 3.8) is 0 Å². The topological polar surface area (TPSA) is 76.7 Å². The first-order valence-electron chi connectivity index (χ1n) is 10.3. The Morgan fingerprint density at radius 3 is 2.30 bits per heavy atom. The number of unbranched alkanes of at least 4 members (excludes halogenated alkanes) is 3. The third-order valence-electron chi connectivity index (χ3n) is 4.33. The SMILES string of the molecule is CCCCCCOc1ccc(C(=O)NNC(=O)c2ccccc2OCCC)cc1Br. The monoisotopic (exact) mass is 476 g/mol. The zero-order valence-corrected chi connectivity index (χ0v) is 19.1. The Balaban J connectivity index is 1.90. The van der Waals surface area contributed by atoms with Crippen LogP contribution in [0.25, 0.3) is 0 Å². The van der Waals surface area contributed by atoms with E-state index >= 15 is 0 Å². The molecule has 0 spiro atoms. The summed E-state index contributed by atoms with van der Waals surface area (Å²) in [5, 5.41) is 0. The Kier molecular flexibility index (Phi) is 10.2. The Labute approximate surface area is 186 Å². The molecule has 2 rings (SSSR count). The van der Waals surface area contributed by atoms with Crippen molar-refractivity contribution >= 4 is 27.7 Å². The second-order valence-electron chi connectivity index (χ2n) is 6.81. The second kappa shape index (κ2) is 12.9. The van der Waals surface area contributed by atoms with E-state index in [2.05, 4.69) is 33.7 Å². The maximum absolute atomic E-state index is 12.4. The maximum atomic E-state index is 12.4. The van der Waals surface area contributed by atoms with Crippen molar-refractivity contribution in [1.29, 1.82) is 0 Å². The minimum atomic E-state index is -0.443. The number of carbonyl (C=O) groups is 2. The highest BCUT2D eigenvalue weighted by molar-refractivity contribution is 9.10. The fraction of sp³-hybridized carbons (Fsp3) is 0.391. The molecule has 0 heterocycles. The number of halogens is 1. The van der Waals surface area contributed by atoms with Gasteiger partial charge >= 0.3 is 0 Å². The number of nitrogens with one attached hydrogen (secondary N) is 2. The van der Waals surface area contributed by atoms with Crippen LogP contribution < -0.4 is 20.3 Å². The summed E-state index contributed by atoms with van der Waals surface area (Å²) in [7, 11) is 0. The summed E-state index contributed by atoms with van der Waals surface area (Å²) in [6.07, 6.45) is 5.35. The van der Waals surface area contributed by atoms with Crippen molar-refractivity contribution in [3.8, 4) is 11.5 Å². The van der Waals surface area contributed by atoms with Gasteiger partial charge in [-0.3, -0.25) is 20.4 Å². The average Bonchev–Trinajstić information content (AvgIpc) is 2.76. The largest absolute Gasteiger partial charge is 0.493 e. The van der Waals surface area contributed by atoms with Crippen LogP contribution in [0, 0.1) is 0 Å². The lowest BCUT2D eigenvalue weighted by Gasteiger charge is -2.12. The number of ether oxygens (including phenoxy) is 2. The predicted octanol–water partition coefficient (Wildman–Crippen LogP) is 5.27. The Hall–Kier alpha value is -2.54. The summed E-state index contributed by atoms with van der Waals surface area (Å²) in [6.45, 7) is 5.31. The normalized spacial score (nSPS) is 10.4. The molecule has 6 nitrogen and oxygen atoms in total. The van der Waals surface area contributed by atoms with E-state index in [0.29, 0.717) is 40.3 Å². The molecule has 0 radical (unpaired) electrons. The van der Waals surface area contributed by atoms with Gasteiger partial charge in [-0.1, -0.05) is 45.2 Å². The van der Waals surface area contributed by atoms with Crippen LogP contribution in [-0.4, -0.2) is 25.0 Å². The molecule has 0 unspecified atom stereocenters. The summed E-state index contributed by atoms with van der Waals surface area (Å²) in [5.41, 5.74) is 5.63. The van der Waals surface area contributed by atoms with E-state index in [0.717, 1.165) is 19.3 Å². The lowest BCUT2D eigenvalue weighted by Crippen LogP contribution is -2.41. The summed E-state index contributed by atoms with van der Waals surface area (Å²) in [4.78, 5) is 24.9. The van der Waals surface area contributed by atoms with E-state index in [1.54, 1.807) is 42.5 Å². The van der Waals surface area contributed by atoms with Crippen molar-refractivity contribution in [2.75, 3.05) is 13.2 Å². The Morgan fingerprint density at radius 2 is 1.57 bits per heavy atom. The van der Waals surface area contributed by atoms with Gasteiger partial charge in [-0.15, -0.1) is 0 Å². The van der Waals surface area contributed by atoms with Crippen LogP contribution in [0.15, 0.2) is 46.9 Å². The molecule has 2 aromatic rings. The van der Waals surface area contributed by atoms with Gasteiger partial charge < -0.3 is 9.47 Å². The van der Waals surface area contributed by atoms with Gasteiger partial charge in [-0.05, 0) is 59.1 Å². The predicted molar refractivity (Wildman–Crippen MR) is 121 cm³/mol. The van der Waals surface area contributed by atoms with Crippen LogP contribution in [0.4, 0.5) is 0 Å². The van der Waals surface area contributed by atoms with Gasteiger partial charge in [-0.2, -0.15) is 0 Å². The van der Waals surface area contributed by atoms with Crippen molar-refractivity contribution in [2.24, 2.45) is 0 Å². The fourth-order valence-electron chi connectivity index (χ4n) is 2.72. The van der Waals surface area contributed by atoms with E-state index in [9.17, 15) is 9.59 Å². The van der Waals surface area contributed by atoms with Gasteiger partial charge in [-0.25, -0.2) is 0 Å². The average molecular weight is 477 g/mol. The van der Waals surface area contributed by atoms with Crippen molar-refractivity contribution in [3.05, 3.63) is 58.1 Å². The van der Waals surface area contributed by atoms with Gasteiger partial charge in [0.1, 0.15) is 11.5 Å². The number of para-hydroxylation sites is 1. The molecule has 0 aliphatic rings. The summed E-state index contributed by atoms with van der Waals surface area (Å²) in [5.74, 6) is 0.301. The zero-order chi connectivity index (χ0) is 21.8. The Morgan fingerprint density at radius 1 is 0.833 bits per heavy atom. The van der Waals surface area contributed by atoms with Crippen LogP contribution in [0.5, 0.6) is 11.5 Å². The molecule has 7 heteroatoms. The molecule has 0 aromatic heterocycles. The minimum absolute atomic E-state index is 0.360. The van der Waals surface area contributed by atoms with Gasteiger partial charge in [0.05, 0.1) is 23.2 Å². The molecule has 0 saturated carbocycles. The molecule has 0 aliphatic carbocycles. The van der Waals surface area contributed by atoms with Gasteiger partial charge in [0.2, 0.25) is 0 Å². The first-order chi connectivity index (χ1) is 14.6. The molecule has 2 amide bonds. The quantitative estimate of drug-likeness (QED) is 0.342. The smallest absolute Gasteiger partial charge is 0.273 e. The van der Waals surface area contributed by atoms with Crippen molar-refractivity contribution < 1.29 is 19.1 Å². The van der Waals surface area contributed by atoms with Crippen LogP contribution in [0.2, 0.25) is 0 Å². The number of hydrogen-bond acceptors (Lipinski definition) is 4. The number of benzene rings is 2. The van der Waals surface area contributed by atoms with Crippen LogP contribution in [0.3, 0.4) is 0 Å². The van der Waals surface area contributed by atoms with E-state index in [4.69, 9.17) is 9.47 Å². The van der Waals surface area contributed by atoms with Crippen LogP contribution in [0.1, 0.15) is 66.7 Å². The lowest BCUT2D eigenvalue weighted by molar-refractivity contribution is 0.0844. The lowest BCUT2D eigenvalue weighted by atomic mass is 10.2. The van der Waals surface area contributed by atoms with Gasteiger partial charge in [0.15, 0.2) is 0 Å². The number of rotatable bonds is 11. The third kappa shape index (κ3) is 7.37.